The molecule has 0 fully saturated rings. The fourth-order valence-electron chi connectivity index (χ4n) is 5.55. The number of ether oxygens (including phenoxy) is 2. The van der Waals surface area contributed by atoms with Crippen molar-refractivity contribution in [1.29, 1.82) is 0 Å². The monoisotopic (exact) mass is 600 g/mol. The molecule has 9 heteroatoms. The summed E-state index contributed by atoms with van der Waals surface area (Å²) in [5, 5.41) is 25.9. The minimum atomic E-state index is -1.52. The third kappa shape index (κ3) is 5.53. The summed E-state index contributed by atoms with van der Waals surface area (Å²) in [5.41, 5.74) is 2.48. The van der Waals surface area contributed by atoms with Crippen LogP contribution in [0.1, 0.15) is 53.3 Å². The molecule has 5 aromatic rings. The van der Waals surface area contributed by atoms with E-state index >= 15 is 0 Å². The van der Waals surface area contributed by atoms with E-state index in [1.807, 2.05) is 19.1 Å². The van der Waals surface area contributed by atoms with Gasteiger partial charge >= 0.3 is 5.97 Å². The molecule has 1 aliphatic rings. The van der Waals surface area contributed by atoms with E-state index in [-0.39, 0.29) is 17.4 Å². The molecular weight excluding hydrogens is 572 g/mol. The van der Waals surface area contributed by atoms with E-state index in [4.69, 9.17) is 9.47 Å². The molecule has 0 unspecified atom stereocenters. The topological polar surface area (TPSA) is 134 Å². The van der Waals surface area contributed by atoms with E-state index in [2.05, 4.69) is 10.6 Å². The number of aromatic carboxylic acids is 1. The molecule has 224 valence electrons. The second kappa shape index (κ2) is 12.1. The third-order valence-electron chi connectivity index (χ3n) is 7.67. The van der Waals surface area contributed by atoms with Gasteiger partial charge in [0.25, 0.3) is 11.8 Å². The maximum absolute atomic E-state index is 12.9. The zero-order valence-corrected chi connectivity index (χ0v) is 24.1. The van der Waals surface area contributed by atoms with Crippen molar-refractivity contribution < 1.29 is 34.1 Å². The zero-order valence-electron chi connectivity index (χ0n) is 24.1. The molecule has 45 heavy (non-hydrogen) atoms. The summed E-state index contributed by atoms with van der Waals surface area (Å²) in [6.45, 7) is 1.11. The molecule has 0 spiro atoms. The lowest BCUT2D eigenvalue weighted by atomic mass is 9.75. The SMILES string of the molecule is Cc1ccc(C(=O)O)cc1C1(OCO)c2ccc(NC(=O)c3ccccc3)cc2Oc2cc(NC(=O)c3ccccc3)ccc21. The first kappa shape index (κ1) is 29.3. The number of aliphatic hydroxyl groups is 1. The molecule has 0 atom stereocenters. The Morgan fingerprint density at radius 1 is 0.667 bits per heavy atom. The van der Waals surface area contributed by atoms with Gasteiger partial charge in [-0.1, -0.05) is 42.5 Å². The highest BCUT2D eigenvalue weighted by Gasteiger charge is 2.46. The van der Waals surface area contributed by atoms with Crippen LogP contribution in [0.3, 0.4) is 0 Å². The molecule has 2 amide bonds. The number of carbonyl (C=O) groups is 3. The minimum Gasteiger partial charge on any atom is -0.478 e. The summed E-state index contributed by atoms with van der Waals surface area (Å²) in [6, 6.07) is 32.3. The van der Waals surface area contributed by atoms with Gasteiger partial charge in [0, 0.05) is 45.8 Å². The number of benzene rings is 5. The molecule has 5 aromatic carbocycles. The number of hydrogen-bond donors (Lipinski definition) is 4. The predicted molar refractivity (Wildman–Crippen MR) is 168 cm³/mol. The molecule has 1 aliphatic heterocycles. The normalized spacial score (nSPS) is 12.7. The van der Waals surface area contributed by atoms with E-state index in [0.29, 0.717) is 56.3 Å². The molecule has 1 heterocycles. The van der Waals surface area contributed by atoms with Gasteiger partial charge in [-0.3, -0.25) is 9.59 Å². The van der Waals surface area contributed by atoms with E-state index in [1.165, 1.54) is 12.1 Å². The van der Waals surface area contributed by atoms with Gasteiger partial charge in [0.05, 0.1) is 5.56 Å². The van der Waals surface area contributed by atoms with Crippen molar-refractivity contribution in [3.05, 3.63) is 154 Å². The van der Waals surface area contributed by atoms with Crippen LogP contribution in [0, 0.1) is 6.92 Å². The summed E-state index contributed by atoms with van der Waals surface area (Å²) >= 11 is 0. The Morgan fingerprint density at radius 3 is 1.64 bits per heavy atom. The number of carboxylic acids is 1. The van der Waals surface area contributed by atoms with Crippen LogP contribution in [0.15, 0.2) is 115 Å². The largest absolute Gasteiger partial charge is 0.478 e. The average Bonchev–Trinajstić information content (AvgIpc) is 3.05. The van der Waals surface area contributed by atoms with Gasteiger partial charge in [0.1, 0.15) is 18.3 Å². The number of aryl methyl sites for hydroxylation is 1. The molecule has 0 aliphatic carbocycles. The van der Waals surface area contributed by atoms with Gasteiger partial charge < -0.3 is 30.3 Å². The minimum absolute atomic E-state index is 0.0320. The molecule has 6 rings (SSSR count). The molecule has 9 nitrogen and oxygen atoms in total. The van der Waals surface area contributed by atoms with Gasteiger partial charge in [-0.05, 0) is 78.7 Å². The highest BCUT2D eigenvalue weighted by molar-refractivity contribution is 6.05. The molecule has 0 bridgehead atoms. The summed E-state index contributed by atoms with van der Waals surface area (Å²) < 4.78 is 12.6. The van der Waals surface area contributed by atoms with Gasteiger partial charge in [-0.15, -0.1) is 0 Å². The maximum atomic E-state index is 12.9. The first-order chi connectivity index (χ1) is 21.8. The van der Waals surface area contributed by atoms with Crippen molar-refractivity contribution in [3.63, 3.8) is 0 Å². The van der Waals surface area contributed by atoms with Crippen LogP contribution in [0.4, 0.5) is 11.4 Å². The fraction of sp³-hybridized carbons (Fsp3) is 0.0833. The van der Waals surface area contributed by atoms with Crippen LogP contribution in [-0.4, -0.2) is 34.8 Å². The third-order valence-corrected chi connectivity index (χ3v) is 7.67. The molecule has 4 N–H and O–H groups in total. The molecule has 0 aromatic heterocycles. The van der Waals surface area contributed by atoms with Crippen LogP contribution >= 0.6 is 0 Å². The van der Waals surface area contributed by atoms with Crippen LogP contribution in [-0.2, 0) is 10.3 Å². The Labute approximate surface area is 258 Å². The standard InChI is InChI=1S/C36H28N2O7/c1-22-12-13-25(35(42)43)18-30(22)36(44-21-39)28-16-14-26(37-33(40)23-8-4-2-5-9-23)19-31(28)45-32-20-27(15-17-29(32)36)38-34(41)24-10-6-3-7-11-24/h2-20,39H,21H2,1H3,(H,37,40)(H,38,41)(H,42,43). The zero-order chi connectivity index (χ0) is 31.6. The second-order valence-corrected chi connectivity index (χ2v) is 10.5. The Hall–Kier alpha value is -5.77. The number of carbonyl (C=O) groups excluding carboxylic acids is 2. The number of aliphatic hydroxyl groups excluding tert-OH is 1. The second-order valence-electron chi connectivity index (χ2n) is 10.5. The van der Waals surface area contributed by atoms with Crippen molar-refractivity contribution in [2.45, 2.75) is 12.5 Å². The number of hydrogen-bond acceptors (Lipinski definition) is 6. The van der Waals surface area contributed by atoms with Crippen molar-refractivity contribution in [3.8, 4) is 11.5 Å². The van der Waals surface area contributed by atoms with Crippen LogP contribution in [0.5, 0.6) is 11.5 Å². The lowest BCUT2D eigenvalue weighted by Gasteiger charge is -2.41. The fourth-order valence-corrected chi connectivity index (χ4v) is 5.55. The molecule has 0 saturated heterocycles. The van der Waals surface area contributed by atoms with Crippen molar-refractivity contribution >= 4 is 29.2 Å². The highest BCUT2D eigenvalue weighted by atomic mass is 16.6. The van der Waals surface area contributed by atoms with Gasteiger partial charge in [-0.25, -0.2) is 4.79 Å². The van der Waals surface area contributed by atoms with E-state index < -0.39 is 18.4 Å². The Kier molecular flexibility index (Phi) is 7.87. The van der Waals surface area contributed by atoms with E-state index in [0.717, 1.165) is 0 Å². The van der Waals surface area contributed by atoms with Crippen LogP contribution in [0.25, 0.3) is 0 Å². The number of carboxylic acid groups (broad SMARTS) is 1. The predicted octanol–water partition coefficient (Wildman–Crippen LogP) is 6.56. The van der Waals surface area contributed by atoms with Crippen molar-refractivity contribution in [2.24, 2.45) is 0 Å². The Bertz CT molecular complexity index is 1820. The lowest BCUT2D eigenvalue weighted by molar-refractivity contribution is -0.0819. The lowest BCUT2D eigenvalue weighted by Crippen LogP contribution is -2.37. The first-order valence-electron chi connectivity index (χ1n) is 14.1. The van der Waals surface area contributed by atoms with Gasteiger partial charge in [0.15, 0.2) is 5.60 Å². The highest BCUT2D eigenvalue weighted by Crippen LogP contribution is 2.54. The Balaban J connectivity index is 1.50. The van der Waals surface area contributed by atoms with Crippen LogP contribution in [0.2, 0.25) is 0 Å². The number of anilines is 2. The summed E-state index contributed by atoms with van der Waals surface area (Å²) in [4.78, 5) is 37.9. The van der Waals surface area contributed by atoms with Crippen LogP contribution < -0.4 is 15.4 Å². The summed E-state index contributed by atoms with van der Waals surface area (Å²) in [6.07, 6.45) is 0. The number of nitrogens with one attached hydrogen (secondary N) is 2. The first-order valence-corrected chi connectivity index (χ1v) is 14.1. The van der Waals surface area contributed by atoms with Gasteiger partial charge in [-0.2, -0.15) is 0 Å². The van der Waals surface area contributed by atoms with E-state index in [9.17, 15) is 24.6 Å². The maximum Gasteiger partial charge on any atom is 0.335 e. The number of rotatable bonds is 8. The van der Waals surface area contributed by atoms with Crippen molar-refractivity contribution in [2.75, 3.05) is 17.4 Å². The van der Waals surface area contributed by atoms with Gasteiger partial charge in [0.2, 0.25) is 0 Å². The smallest absolute Gasteiger partial charge is 0.335 e. The molecule has 0 saturated carbocycles. The quantitative estimate of drug-likeness (QED) is 0.148. The number of fused-ring (bicyclic) bond motifs is 2. The molecule has 0 radical (unpaired) electrons. The summed E-state index contributed by atoms with van der Waals surface area (Å²) in [5.74, 6) is -1.16. The Morgan fingerprint density at radius 2 is 1.18 bits per heavy atom. The number of amides is 2. The molecular formula is C36H28N2O7. The average molecular weight is 601 g/mol. The summed E-state index contributed by atoms with van der Waals surface area (Å²) in [7, 11) is 0. The van der Waals surface area contributed by atoms with Crippen molar-refractivity contribution in [1.82, 2.24) is 0 Å². The van der Waals surface area contributed by atoms with E-state index in [1.54, 1.807) is 91.0 Å².